The van der Waals surface area contributed by atoms with Gasteiger partial charge in [-0.1, -0.05) is 0 Å². The van der Waals surface area contributed by atoms with Crippen molar-refractivity contribution in [2.45, 2.75) is 25.4 Å². The number of aliphatic hydroxyl groups excluding tert-OH is 1. The first-order chi connectivity index (χ1) is 7.77. The van der Waals surface area contributed by atoms with Gasteiger partial charge in [0.05, 0.1) is 6.61 Å². The van der Waals surface area contributed by atoms with E-state index < -0.39 is 0 Å². The molecule has 4 heteroatoms. The third-order valence-electron chi connectivity index (χ3n) is 2.54. The van der Waals surface area contributed by atoms with Crippen molar-refractivity contribution < 1.29 is 9.84 Å². The molecule has 0 saturated heterocycles. The fourth-order valence-corrected chi connectivity index (χ4v) is 1.67. The van der Waals surface area contributed by atoms with Crippen molar-refractivity contribution in [3.8, 4) is 0 Å². The van der Waals surface area contributed by atoms with Gasteiger partial charge in [-0.2, -0.15) is 0 Å². The topological polar surface area (TPSA) is 54.4 Å². The van der Waals surface area contributed by atoms with Gasteiger partial charge in [-0.05, 0) is 31.0 Å². The lowest BCUT2D eigenvalue weighted by molar-refractivity contribution is 0.143. The molecule has 1 rings (SSSR count). The van der Waals surface area contributed by atoms with Crippen molar-refractivity contribution in [1.29, 1.82) is 0 Å². The predicted molar refractivity (Wildman–Crippen MR) is 63.2 cm³/mol. The molecule has 2 N–H and O–H groups in total. The molecular weight excluding hydrogens is 204 g/mol. The summed E-state index contributed by atoms with van der Waals surface area (Å²) in [7, 11) is 1.67. The lowest BCUT2D eigenvalue weighted by Gasteiger charge is -2.22. The maximum Gasteiger partial charge on any atom is 0.0616 e. The van der Waals surface area contributed by atoms with E-state index in [-0.39, 0.29) is 18.7 Å². The van der Waals surface area contributed by atoms with E-state index in [9.17, 15) is 0 Å². The lowest BCUT2D eigenvalue weighted by atomic mass is 10.1. The standard InChI is InChI=1S/C12H20N2O2/c1-10(11-3-6-13-7-4-11)14-12(5-8-15)9-16-2/h3-4,6-7,10,12,14-15H,5,8-9H2,1-2H3. The molecule has 0 aliphatic carbocycles. The molecule has 0 spiro atoms. The van der Waals surface area contributed by atoms with Crippen molar-refractivity contribution in [3.05, 3.63) is 30.1 Å². The molecule has 2 unspecified atom stereocenters. The number of ether oxygens (including phenoxy) is 1. The fraction of sp³-hybridized carbons (Fsp3) is 0.583. The van der Waals surface area contributed by atoms with E-state index >= 15 is 0 Å². The first kappa shape index (κ1) is 13.1. The Balaban J connectivity index is 2.50. The van der Waals surface area contributed by atoms with Crippen LogP contribution in [0.3, 0.4) is 0 Å². The number of nitrogens with zero attached hydrogens (tertiary/aromatic N) is 1. The van der Waals surface area contributed by atoms with Gasteiger partial charge >= 0.3 is 0 Å². The van der Waals surface area contributed by atoms with Crippen molar-refractivity contribution in [2.24, 2.45) is 0 Å². The fourth-order valence-electron chi connectivity index (χ4n) is 1.67. The van der Waals surface area contributed by atoms with Crippen LogP contribution in [0, 0.1) is 0 Å². The predicted octanol–water partition coefficient (Wildman–Crippen LogP) is 1.13. The van der Waals surface area contributed by atoms with E-state index in [0.29, 0.717) is 13.0 Å². The summed E-state index contributed by atoms with van der Waals surface area (Å²) in [6.07, 6.45) is 4.26. The minimum atomic E-state index is 0.171. The molecule has 1 aromatic heterocycles. The zero-order valence-electron chi connectivity index (χ0n) is 9.89. The van der Waals surface area contributed by atoms with E-state index in [4.69, 9.17) is 9.84 Å². The molecule has 0 aromatic carbocycles. The van der Waals surface area contributed by atoms with Gasteiger partial charge in [0.2, 0.25) is 0 Å². The SMILES string of the molecule is COCC(CCO)NC(C)c1ccncc1. The quantitative estimate of drug-likeness (QED) is 0.729. The first-order valence-corrected chi connectivity index (χ1v) is 5.53. The number of rotatable bonds is 7. The summed E-state index contributed by atoms with van der Waals surface area (Å²) in [6.45, 7) is 2.87. The Bertz CT molecular complexity index is 274. The summed E-state index contributed by atoms with van der Waals surface area (Å²) in [5.74, 6) is 0. The van der Waals surface area contributed by atoms with Gasteiger partial charge in [-0.15, -0.1) is 0 Å². The van der Waals surface area contributed by atoms with Crippen LogP contribution in [0.15, 0.2) is 24.5 Å². The molecule has 4 nitrogen and oxygen atoms in total. The normalized spacial score (nSPS) is 14.7. The number of aromatic nitrogens is 1. The van der Waals surface area contributed by atoms with Gasteiger partial charge in [-0.25, -0.2) is 0 Å². The zero-order valence-corrected chi connectivity index (χ0v) is 9.89. The molecular formula is C12H20N2O2. The average Bonchev–Trinajstić information content (AvgIpc) is 2.31. The monoisotopic (exact) mass is 224 g/mol. The average molecular weight is 224 g/mol. The summed E-state index contributed by atoms with van der Waals surface area (Å²) < 4.78 is 5.11. The zero-order chi connectivity index (χ0) is 11.8. The van der Waals surface area contributed by atoms with E-state index in [1.165, 1.54) is 5.56 Å². The highest BCUT2D eigenvalue weighted by Gasteiger charge is 2.12. The van der Waals surface area contributed by atoms with E-state index in [0.717, 1.165) is 0 Å². The van der Waals surface area contributed by atoms with Crippen molar-refractivity contribution in [3.63, 3.8) is 0 Å². The van der Waals surface area contributed by atoms with E-state index in [2.05, 4.69) is 17.2 Å². The van der Waals surface area contributed by atoms with Gasteiger partial charge < -0.3 is 15.2 Å². The molecule has 0 saturated carbocycles. The molecule has 0 amide bonds. The third-order valence-corrected chi connectivity index (χ3v) is 2.54. The number of nitrogens with one attached hydrogen (secondary N) is 1. The van der Waals surface area contributed by atoms with Gasteiger partial charge in [-0.3, -0.25) is 4.98 Å². The summed E-state index contributed by atoms with van der Waals surface area (Å²) >= 11 is 0. The second-order valence-electron chi connectivity index (χ2n) is 3.83. The van der Waals surface area contributed by atoms with Crippen LogP contribution in [0.2, 0.25) is 0 Å². The van der Waals surface area contributed by atoms with Crippen LogP contribution in [0.25, 0.3) is 0 Å². The molecule has 0 fully saturated rings. The molecule has 0 aliphatic rings. The largest absolute Gasteiger partial charge is 0.396 e. The Morgan fingerprint density at radius 1 is 1.44 bits per heavy atom. The summed E-state index contributed by atoms with van der Waals surface area (Å²) in [5.41, 5.74) is 1.19. The maximum atomic E-state index is 8.94. The molecule has 0 aliphatic heterocycles. The summed E-state index contributed by atoms with van der Waals surface area (Å²) in [5, 5.41) is 12.4. The molecule has 16 heavy (non-hydrogen) atoms. The number of pyridine rings is 1. The van der Waals surface area contributed by atoms with Crippen molar-refractivity contribution in [2.75, 3.05) is 20.3 Å². The van der Waals surface area contributed by atoms with Crippen LogP contribution in [0.5, 0.6) is 0 Å². The molecule has 0 bridgehead atoms. The minimum Gasteiger partial charge on any atom is -0.396 e. The molecule has 90 valence electrons. The van der Waals surface area contributed by atoms with Crippen molar-refractivity contribution in [1.82, 2.24) is 10.3 Å². The van der Waals surface area contributed by atoms with Crippen LogP contribution >= 0.6 is 0 Å². The minimum absolute atomic E-state index is 0.171. The highest BCUT2D eigenvalue weighted by atomic mass is 16.5. The van der Waals surface area contributed by atoms with E-state index in [1.807, 2.05) is 12.1 Å². The Kier molecular flexibility index (Phi) is 6.00. The Labute approximate surface area is 96.7 Å². The van der Waals surface area contributed by atoms with Gasteiger partial charge in [0.25, 0.3) is 0 Å². The smallest absolute Gasteiger partial charge is 0.0616 e. The second kappa shape index (κ2) is 7.33. The van der Waals surface area contributed by atoms with Crippen LogP contribution in [0.4, 0.5) is 0 Å². The maximum absolute atomic E-state index is 8.94. The van der Waals surface area contributed by atoms with Crippen LogP contribution in [-0.4, -0.2) is 36.5 Å². The van der Waals surface area contributed by atoms with Gasteiger partial charge in [0.15, 0.2) is 0 Å². The highest BCUT2D eigenvalue weighted by Crippen LogP contribution is 2.12. The molecule has 1 aromatic rings. The van der Waals surface area contributed by atoms with E-state index in [1.54, 1.807) is 19.5 Å². The first-order valence-electron chi connectivity index (χ1n) is 5.53. The van der Waals surface area contributed by atoms with Gasteiger partial charge in [0, 0.05) is 38.2 Å². The summed E-state index contributed by atoms with van der Waals surface area (Å²) in [6, 6.07) is 4.38. The van der Waals surface area contributed by atoms with Crippen molar-refractivity contribution >= 4 is 0 Å². The Morgan fingerprint density at radius 2 is 2.12 bits per heavy atom. The Hall–Kier alpha value is -0.970. The number of methoxy groups -OCH3 is 1. The number of hydrogen-bond donors (Lipinski definition) is 2. The van der Waals surface area contributed by atoms with Crippen LogP contribution < -0.4 is 5.32 Å². The highest BCUT2D eigenvalue weighted by molar-refractivity contribution is 5.14. The van der Waals surface area contributed by atoms with Gasteiger partial charge in [0.1, 0.15) is 0 Å². The third kappa shape index (κ3) is 4.26. The Morgan fingerprint density at radius 3 is 2.69 bits per heavy atom. The second-order valence-corrected chi connectivity index (χ2v) is 3.83. The van der Waals surface area contributed by atoms with Crippen LogP contribution in [-0.2, 0) is 4.74 Å². The lowest BCUT2D eigenvalue weighted by Crippen LogP contribution is -2.36. The molecule has 2 atom stereocenters. The van der Waals surface area contributed by atoms with Crippen LogP contribution in [0.1, 0.15) is 24.9 Å². The molecule has 1 heterocycles. The number of hydrogen-bond acceptors (Lipinski definition) is 4. The summed E-state index contributed by atoms with van der Waals surface area (Å²) in [4.78, 5) is 3.99. The number of aliphatic hydroxyl groups is 1. The molecule has 0 radical (unpaired) electrons.